The second-order valence-electron chi connectivity index (χ2n) is 6.74. The van der Waals surface area contributed by atoms with Crippen LogP contribution in [0.25, 0.3) is 0 Å². The first-order valence-electron chi connectivity index (χ1n) is 9.61. The van der Waals surface area contributed by atoms with Gasteiger partial charge in [0.25, 0.3) is 5.91 Å². The van der Waals surface area contributed by atoms with Crippen molar-refractivity contribution in [2.75, 3.05) is 36.1 Å². The number of ether oxygens (including phenoxy) is 1. The van der Waals surface area contributed by atoms with Crippen LogP contribution in [0.2, 0.25) is 0 Å². The molecule has 168 valence electrons. The van der Waals surface area contributed by atoms with E-state index in [0.29, 0.717) is 13.2 Å². The van der Waals surface area contributed by atoms with Crippen molar-refractivity contribution in [2.24, 2.45) is 0 Å². The molecule has 0 aliphatic heterocycles. The minimum atomic E-state index is -3.86. The second kappa shape index (κ2) is 10.9. The van der Waals surface area contributed by atoms with Gasteiger partial charge in [0, 0.05) is 13.7 Å². The molecule has 0 aromatic heterocycles. The van der Waals surface area contributed by atoms with E-state index in [1.807, 2.05) is 0 Å². The maximum absolute atomic E-state index is 13.3. The number of nitrogens with one attached hydrogen (secondary N) is 2. The smallest absolute Gasteiger partial charge is 0.253 e. The molecule has 0 saturated heterocycles. The molecule has 8 nitrogen and oxygen atoms in total. The van der Waals surface area contributed by atoms with Crippen molar-refractivity contribution >= 4 is 33.2 Å². The second-order valence-corrected chi connectivity index (χ2v) is 8.60. The van der Waals surface area contributed by atoms with E-state index in [4.69, 9.17) is 4.74 Å². The first-order valence-corrected chi connectivity index (χ1v) is 11.5. The highest BCUT2D eigenvalue weighted by atomic mass is 32.2. The number of carbonyl (C=O) groups is 2. The number of anilines is 2. The van der Waals surface area contributed by atoms with Gasteiger partial charge in [-0.25, -0.2) is 12.8 Å². The van der Waals surface area contributed by atoms with E-state index in [9.17, 15) is 22.4 Å². The lowest BCUT2D eigenvalue weighted by molar-refractivity contribution is -0.117. The molecule has 0 spiro atoms. The Morgan fingerprint density at radius 1 is 1.13 bits per heavy atom. The molecule has 0 aliphatic rings. The normalized spacial score (nSPS) is 12.1. The number of benzene rings is 2. The fourth-order valence-corrected chi connectivity index (χ4v) is 4.23. The number of methoxy groups -OCH3 is 1. The highest BCUT2D eigenvalue weighted by Crippen LogP contribution is 2.24. The number of carbonyl (C=O) groups excluding carboxylic acids is 2. The Kier molecular flexibility index (Phi) is 8.52. The molecule has 31 heavy (non-hydrogen) atoms. The summed E-state index contributed by atoms with van der Waals surface area (Å²) in [4.78, 5) is 25.5. The zero-order valence-corrected chi connectivity index (χ0v) is 18.4. The molecule has 2 N–H and O–H groups in total. The van der Waals surface area contributed by atoms with Crippen LogP contribution >= 0.6 is 0 Å². The van der Waals surface area contributed by atoms with Gasteiger partial charge in [-0.05, 0) is 42.8 Å². The summed E-state index contributed by atoms with van der Waals surface area (Å²) >= 11 is 0. The zero-order chi connectivity index (χ0) is 23.0. The third-order valence-corrected chi connectivity index (χ3v) is 5.61. The predicted molar refractivity (Wildman–Crippen MR) is 117 cm³/mol. The van der Waals surface area contributed by atoms with E-state index < -0.39 is 33.7 Å². The van der Waals surface area contributed by atoms with Gasteiger partial charge in [-0.15, -0.1) is 0 Å². The fraction of sp³-hybridized carbons (Fsp3) is 0.333. The molecule has 2 aromatic carbocycles. The molecule has 0 saturated carbocycles. The molecule has 1 atom stereocenters. The van der Waals surface area contributed by atoms with Gasteiger partial charge < -0.3 is 15.4 Å². The maximum atomic E-state index is 13.3. The van der Waals surface area contributed by atoms with E-state index >= 15 is 0 Å². The maximum Gasteiger partial charge on any atom is 0.253 e. The van der Waals surface area contributed by atoms with Crippen molar-refractivity contribution in [3.63, 3.8) is 0 Å². The summed E-state index contributed by atoms with van der Waals surface area (Å²) in [6.07, 6.45) is 1.13. The van der Waals surface area contributed by atoms with Gasteiger partial charge in [0.15, 0.2) is 0 Å². The van der Waals surface area contributed by atoms with Crippen molar-refractivity contribution in [1.82, 2.24) is 5.32 Å². The molecular formula is C21H26FN3O5S. The summed E-state index contributed by atoms with van der Waals surface area (Å²) in [5.74, 6) is -1.54. The van der Waals surface area contributed by atoms with E-state index in [1.54, 1.807) is 31.2 Å². The molecule has 0 radical (unpaired) electrons. The minimum Gasteiger partial charge on any atom is -0.383 e. The van der Waals surface area contributed by atoms with Crippen molar-refractivity contribution in [2.45, 2.75) is 19.4 Å². The molecule has 0 bridgehead atoms. The van der Waals surface area contributed by atoms with Crippen LogP contribution in [0.5, 0.6) is 0 Å². The molecule has 0 fully saturated rings. The Balaban J connectivity index is 2.32. The summed E-state index contributed by atoms with van der Waals surface area (Å²) in [7, 11) is -2.35. The van der Waals surface area contributed by atoms with E-state index in [2.05, 4.69) is 10.6 Å². The number of hydrogen-bond donors (Lipinski definition) is 2. The van der Waals surface area contributed by atoms with Crippen molar-refractivity contribution in [1.29, 1.82) is 0 Å². The standard InChI is InChI=1S/C21H26FN3O5S/c1-4-19(25(31(3,28)29)16-11-9-15(22)10-12-16)21(27)24-18-8-6-5-7-17(18)20(26)23-13-14-30-2/h5-12,19H,4,13-14H2,1-3H3,(H,23,26)(H,24,27)/t19-/m1/s1. The van der Waals surface area contributed by atoms with Gasteiger partial charge in [-0.2, -0.15) is 0 Å². The first kappa shape index (κ1) is 24.3. The fourth-order valence-electron chi connectivity index (χ4n) is 3.02. The largest absolute Gasteiger partial charge is 0.383 e. The Morgan fingerprint density at radius 3 is 2.35 bits per heavy atom. The van der Waals surface area contributed by atoms with Crippen molar-refractivity contribution < 1.29 is 27.1 Å². The molecule has 2 aromatic rings. The summed E-state index contributed by atoms with van der Waals surface area (Å²) in [6.45, 7) is 2.29. The number of rotatable bonds is 10. The van der Waals surface area contributed by atoms with Crippen LogP contribution in [0.3, 0.4) is 0 Å². The zero-order valence-electron chi connectivity index (χ0n) is 17.6. The van der Waals surface area contributed by atoms with Crippen LogP contribution in [0.15, 0.2) is 48.5 Å². The van der Waals surface area contributed by atoms with Crippen LogP contribution in [0.1, 0.15) is 23.7 Å². The lowest BCUT2D eigenvalue weighted by atomic mass is 10.1. The van der Waals surface area contributed by atoms with E-state index in [0.717, 1.165) is 22.7 Å². The average molecular weight is 452 g/mol. The number of amides is 2. The number of halogens is 1. The third kappa shape index (κ3) is 6.50. The molecule has 0 unspecified atom stereocenters. The molecule has 0 heterocycles. The topological polar surface area (TPSA) is 105 Å². The Bertz CT molecular complexity index is 1010. The van der Waals surface area contributed by atoms with Gasteiger partial charge >= 0.3 is 0 Å². The van der Waals surface area contributed by atoms with Crippen molar-refractivity contribution in [3.8, 4) is 0 Å². The lowest BCUT2D eigenvalue weighted by Crippen LogP contribution is -2.47. The van der Waals surface area contributed by atoms with Gasteiger partial charge in [0.05, 0.1) is 29.8 Å². The number of sulfonamides is 1. The molecule has 10 heteroatoms. The highest BCUT2D eigenvalue weighted by Gasteiger charge is 2.32. The average Bonchev–Trinajstić information content (AvgIpc) is 2.72. The number of nitrogens with zero attached hydrogens (tertiary/aromatic N) is 1. The monoisotopic (exact) mass is 451 g/mol. The summed E-state index contributed by atoms with van der Waals surface area (Å²) < 4.78 is 44.1. The predicted octanol–water partition coefficient (Wildman–Crippen LogP) is 2.39. The van der Waals surface area contributed by atoms with Gasteiger partial charge in [0.1, 0.15) is 11.9 Å². The van der Waals surface area contributed by atoms with E-state index in [1.165, 1.54) is 19.2 Å². The van der Waals surface area contributed by atoms with Gasteiger partial charge in [0.2, 0.25) is 15.9 Å². The van der Waals surface area contributed by atoms with Gasteiger partial charge in [-0.1, -0.05) is 19.1 Å². The van der Waals surface area contributed by atoms with Gasteiger partial charge in [-0.3, -0.25) is 13.9 Å². The van der Waals surface area contributed by atoms with E-state index in [-0.39, 0.29) is 23.4 Å². The minimum absolute atomic E-state index is 0.151. The lowest BCUT2D eigenvalue weighted by Gasteiger charge is -2.30. The Morgan fingerprint density at radius 2 is 1.77 bits per heavy atom. The van der Waals surface area contributed by atoms with Crippen LogP contribution < -0.4 is 14.9 Å². The molecular weight excluding hydrogens is 425 g/mol. The summed E-state index contributed by atoms with van der Waals surface area (Å²) in [5.41, 5.74) is 0.638. The molecule has 2 amide bonds. The molecule has 0 aliphatic carbocycles. The third-order valence-electron chi connectivity index (χ3n) is 4.43. The highest BCUT2D eigenvalue weighted by molar-refractivity contribution is 7.92. The van der Waals surface area contributed by atoms with Crippen LogP contribution in [-0.2, 0) is 19.6 Å². The van der Waals surface area contributed by atoms with Crippen molar-refractivity contribution in [3.05, 3.63) is 59.9 Å². The van der Waals surface area contributed by atoms with Crippen LogP contribution in [-0.4, -0.2) is 52.8 Å². The number of hydrogen-bond acceptors (Lipinski definition) is 5. The quantitative estimate of drug-likeness (QED) is 0.540. The number of para-hydroxylation sites is 1. The van der Waals surface area contributed by atoms with Crippen LogP contribution in [0.4, 0.5) is 15.8 Å². The summed E-state index contributed by atoms with van der Waals surface area (Å²) in [5, 5.41) is 5.33. The molecule has 2 rings (SSSR count). The van der Waals surface area contributed by atoms with Crippen LogP contribution in [0, 0.1) is 5.82 Å². The summed E-state index contributed by atoms with van der Waals surface area (Å²) in [6, 6.07) is 10.1. The SMILES string of the molecule is CC[C@H](C(=O)Nc1ccccc1C(=O)NCCOC)N(c1ccc(F)cc1)S(C)(=O)=O. The first-order chi connectivity index (χ1) is 14.7. The Labute approximate surface area is 181 Å². The Hall–Kier alpha value is -2.98.